The van der Waals surface area contributed by atoms with Gasteiger partial charge in [-0.1, -0.05) is 60.7 Å². The maximum Gasteiger partial charge on any atom is 0.236 e. The summed E-state index contributed by atoms with van der Waals surface area (Å²) < 4.78 is 0.825. The van der Waals surface area contributed by atoms with Gasteiger partial charge in [-0.15, -0.1) is 11.3 Å². The number of thioether (sulfide) groups is 1. The molecule has 0 radical (unpaired) electrons. The van der Waals surface area contributed by atoms with Crippen LogP contribution >= 0.6 is 35.3 Å². The third-order valence-electron chi connectivity index (χ3n) is 4.47. The molecule has 0 bridgehead atoms. The van der Waals surface area contributed by atoms with Crippen LogP contribution in [0.1, 0.15) is 25.3 Å². The lowest BCUT2D eigenvalue weighted by Gasteiger charge is -2.31. The molecule has 1 amide bonds. The quantitative estimate of drug-likeness (QED) is 0.740. The van der Waals surface area contributed by atoms with Crippen molar-refractivity contribution in [3.05, 3.63) is 35.2 Å². The topological polar surface area (TPSA) is 45.2 Å². The molecule has 1 fully saturated rings. The molecule has 7 heteroatoms. The first kappa shape index (κ1) is 19.3. The number of piperidine rings is 1. The maximum atomic E-state index is 12.2. The van der Waals surface area contributed by atoms with Crippen LogP contribution in [0.2, 0.25) is 0 Å². The lowest BCUT2D eigenvalue weighted by molar-refractivity contribution is -0.113. The summed E-state index contributed by atoms with van der Waals surface area (Å²) in [4.78, 5) is 18.9. The van der Waals surface area contributed by atoms with Gasteiger partial charge in [0.2, 0.25) is 5.91 Å². The van der Waals surface area contributed by atoms with Crippen molar-refractivity contribution in [1.82, 2.24) is 9.88 Å². The summed E-state index contributed by atoms with van der Waals surface area (Å²) in [6.45, 7) is 6.34. The summed E-state index contributed by atoms with van der Waals surface area (Å²) in [6, 6.07) is 8.21. The number of carbonyl (C=O) groups is 1. The third kappa shape index (κ3) is 5.28. The van der Waals surface area contributed by atoms with Gasteiger partial charge in [-0.3, -0.25) is 4.79 Å². The predicted octanol–water partition coefficient (Wildman–Crippen LogP) is 4.81. The predicted molar refractivity (Wildman–Crippen MR) is 116 cm³/mol. The first-order chi connectivity index (χ1) is 12.5. The van der Waals surface area contributed by atoms with E-state index in [-0.39, 0.29) is 5.91 Å². The van der Waals surface area contributed by atoms with Crippen LogP contribution in [0, 0.1) is 12.8 Å². The number of thiazole rings is 1. The summed E-state index contributed by atoms with van der Waals surface area (Å²) in [7, 11) is 0. The summed E-state index contributed by atoms with van der Waals surface area (Å²) in [6.07, 6.45) is 2.35. The number of thiocarbonyl (C=S) groups is 1. The van der Waals surface area contributed by atoms with Gasteiger partial charge in [-0.05, 0) is 25.7 Å². The van der Waals surface area contributed by atoms with Crippen molar-refractivity contribution < 1.29 is 4.79 Å². The van der Waals surface area contributed by atoms with E-state index < -0.39 is 0 Å². The average Bonchev–Trinajstić information content (AvgIpc) is 3.09. The number of hydrogen-bond donors (Lipinski definition) is 1. The largest absolute Gasteiger partial charge is 0.357 e. The van der Waals surface area contributed by atoms with Gasteiger partial charge in [-0.25, -0.2) is 4.98 Å². The van der Waals surface area contributed by atoms with Crippen molar-refractivity contribution in [1.29, 1.82) is 0 Å². The average molecular weight is 406 g/mol. The minimum Gasteiger partial charge on any atom is -0.357 e. The Morgan fingerprint density at radius 2 is 2.04 bits per heavy atom. The molecular formula is C19H23N3OS3. The van der Waals surface area contributed by atoms with E-state index in [0.717, 1.165) is 34.6 Å². The lowest BCUT2D eigenvalue weighted by atomic mass is 10.00. The number of benzene rings is 1. The summed E-state index contributed by atoms with van der Waals surface area (Å²) in [5.41, 5.74) is 3.16. The second-order valence-corrected chi connectivity index (χ2v) is 9.14. The van der Waals surface area contributed by atoms with Gasteiger partial charge in [0.05, 0.1) is 11.4 Å². The van der Waals surface area contributed by atoms with Gasteiger partial charge in [0, 0.05) is 24.0 Å². The Labute approximate surface area is 168 Å². The second-order valence-electron chi connectivity index (χ2n) is 6.68. The van der Waals surface area contributed by atoms with E-state index in [9.17, 15) is 4.79 Å². The van der Waals surface area contributed by atoms with Crippen LogP contribution < -0.4 is 5.32 Å². The fourth-order valence-electron chi connectivity index (χ4n) is 2.75. The summed E-state index contributed by atoms with van der Waals surface area (Å²) >= 11 is 8.35. The Hall–Kier alpha value is -1.44. The molecule has 26 heavy (non-hydrogen) atoms. The van der Waals surface area contributed by atoms with Crippen LogP contribution in [-0.4, -0.2) is 39.0 Å². The number of nitrogens with zero attached hydrogens (tertiary/aromatic N) is 2. The Morgan fingerprint density at radius 3 is 2.73 bits per heavy atom. The molecule has 138 valence electrons. The zero-order valence-corrected chi connectivity index (χ0v) is 17.5. The fourth-order valence-corrected chi connectivity index (χ4v) is 4.54. The van der Waals surface area contributed by atoms with Crippen molar-refractivity contribution >= 4 is 50.7 Å². The smallest absolute Gasteiger partial charge is 0.236 e. The van der Waals surface area contributed by atoms with Gasteiger partial charge in [0.25, 0.3) is 0 Å². The molecule has 1 aromatic heterocycles. The molecule has 4 nitrogen and oxygen atoms in total. The van der Waals surface area contributed by atoms with Crippen molar-refractivity contribution in [2.75, 3.05) is 24.2 Å². The molecular weight excluding hydrogens is 382 g/mol. The van der Waals surface area contributed by atoms with E-state index in [2.05, 4.69) is 41.2 Å². The Morgan fingerprint density at radius 1 is 1.35 bits per heavy atom. The maximum absolute atomic E-state index is 12.2. The number of anilines is 1. The molecule has 1 aliphatic rings. The minimum absolute atomic E-state index is 0.0625. The van der Waals surface area contributed by atoms with Crippen molar-refractivity contribution in [2.24, 2.45) is 5.92 Å². The highest BCUT2D eigenvalue weighted by Gasteiger charge is 2.19. The molecule has 0 spiro atoms. The first-order valence-corrected chi connectivity index (χ1v) is 11.0. The fraction of sp³-hybridized carbons (Fsp3) is 0.421. The minimum atomic E-state index is -0.0625. The second kappa shape index (κ2) is 8.97. The highest BCUT2D eigenvalue weighted by Crippen LogP contribution is 2.25. The van der Waals surface area contributed by atoms with E-state index in [1.165, 1.54) is 41.5 Å². The van der Waals surface area contributed by atoms with Crippen molar-refractivity contribution in [2.45, 2.75) is 26.7 Å². The Bertz CT molecular complexity index is 765. The van der Waals surface area contributed by atoms with Gasteiger partial charge >= 0.3 is 0 Å². The molecule has 2 heterocycles. The lowest BCUT2D eigenvalue weighted by Crippen LogP contribution is -2.36. The molecule has 1 aliphatic heterocycles. The van der Waals surface area contributed by atoms with Crippen LogP contribution in [0.5, 0.6) is 0 Å². The summed E-state index contributed by atoms with van der Waals surface area (Å²) in [5, 5.41) is 5.47. The van der Waals surface area contributed by atoms with E-state index in [0.29, 0.717) is 10.9 Å². The molecule has 0 unspecified atom stereocenters. The molecule has 0 atom stereocenters. The molecule has 3 rings (SSSR count). The van der Waals surface area contributed by atoms with Crippen LogP contribution in [-0.2, 0) is 4.79 Å². The third-order valence-corrected chi connectivity index (χ3v) is 6.75. The van der Waals surface area contributed by atoms with Crippen LogP contribution in [0.15, 0.2) is 29.6 Å². The van der Waals surface area contributed by atoms with E-state index in [1.807, 2.05) is 17.5 Å². The van der Waals surface area contributed by atoms with E-state index in [1.54, 1.807) is 0 Å². The number of aromatic nitrogens is 1. The normalized spacial score (nSPS) is 15.1. The van der Waals surface area contributed by atoms with Crippen molar-refractivity contribution in [3.8, 4) is 11.3 Å². The molecule has 0 saturated carbocycles. The van der Waals surface area contributed by atoms with Gasteiger partial charge in [-0.2, -0.15) is 0 Å². The number of likely N-dealkylation sites (tertiary alicyclic amines) is 1. The standard InChI is InChI=1S/C19H23N3OS3/c1-13-3-5-15(6-4-13)16-11-25-18(20-16)21-17(23)12-26-19(24)22-9-7-14(2)8-10-22/h3-6,11,14H,7-10,12H2,1-2H3,(H,20,21,23). The molecule has 1 aromatic carbocycles. The van der Waals surface area contributed by atoms with Crippen molar-refractivity contribution in [3.63, 3.8) is 0 Å². The number of aryl methyl sites for hydroxylation is 1. The van der Waals surface area contributed by atoms with Crippen LogP contribution in [0.25, 0.3) is 11.3 Å². The number of amides is 1. The Balaban J connectivity index is 1.48. The summed E-state index contributed by atoms with van der Waals surface area (Å²) in [5.74, 6) is 1.03. The molecule has 0 aliphatic carbocycles. The van der Waals surface area contributed by atoms with Gasteiger partial charge in [0.1, 0.15) is 4.32 Å². The SMILES string of the molecule is Cc1ccc(-c2csc(NC(=O)CSC(=S)N3CCC(C)CC3)n2)cc1. The zero-order chi connectivity index (χ0) is 18.5. The molecule has 2 aromatic rings. The Kier molecular flexibility index (Phi) is 6.67. The highest BCUT2D eigenvalue weighted by atomic mass is 32.2. The van der Waals surface area contributed by atoms with Crippen LogP contribution in [0.4, 0.5) is 5.13 Å². The number of hydrogen-bond acceptors (Lipinski definition) is 5. The van der Waals surface area contributed by atoms with Gasteiger partial charge in [0.15, 0.2) is 5.13 Å². The van der Waals surface area contributed by atoms with Gasteiger partial charge < -0.3 is 10.2 Å². The van der Waals surface area contributed by atoms with E-state index in [4.69, 9.17) is 12.2 Å². The molecule has 1 N–H and O–H groups in total. The first-order valence-electron chi connectivity index (χ1n) is 8.75. The number of rotatable bonds is 4. The number of nitrogens with one attached hydrogen (secondary N) is 1. The van der Waals surface area contributed by atoms with E-state index >= 15 is 0 Å². The zero-order valence-electron chi connectivity index (χ0n) is 15.0. The highest BCUT2D eigenvalue weighted by molar-refractivity contribution is 8.23. The monoisotopic (exact) mass is 405 g/mol. The van der Waals surface area contributed by atoms with Crippen LogP contribution in [0.3, 0.4) is 0 Å². The number of carbonyl (C=O) groups excluding carboxylic acids is 1. The molecule has 1 saturated heterocycles.